The molecule has 1 atom stereocenters. The minimum Gasteiger partial charge on any atom is -0.468 e. The van der Waals surface area contributed by atoms with Crippen LogP contribution in [0.4, 0.5) is 5.69 Å². The van der Waals surface area contributed by atoms with Gasteiger partial charge in [0.25, 0.3) is 5.91 Å². The highest BCUT2D eigenvalue weighted by molar-refractivity contribution is 8.00. The van der Waals surface area contributed by atoms with E-state index in [9.17, 15) is 19.7 Å². The van der Waals surface area contributed by atoms with Crippen LogP contribution in [-0.4, -0.2) is 62.7 Å². The van der Waals surface area contributed by atoms with Gasteiger partial charge in [-0.05, 0) is 31.5 Å². The summed E-state index contributed by atoms with van der Waals surface area (Å²) in [5, 5.41) is 15.0. The highest BCUT2D eigenvalue weighted by atomic mass is 32.2. The van der Waals surface area contributed by atoms with E-state index in [0.29, 0.717) is 42.3 Å². The van der Waals surface area contributed by atoms with Gasteiger partial charge in [-0.3, -0.25) is 24.4 Å². The lowest BCUT2D eigenvalue weighted by Crippen LogP contribution is -2.44. The van der Waals surface area contributed by atoms with Crippen LogP contribution in [0.1, 0.15) is 27.3 Å². The predicted molar refractivity (Wildman–Crippen MR) is 108 cm³/mol. The number of hydrogen-bond acceptors (Lipinski definition) is 7. The summed E-state index contributed by atoms with van der Waals surface area (Å²) in [6, 6.07) is 7.08. The van der Waals surface area contributed by atoms with Gasteiger partial charge < -0.3 is 9.64 Å². The zero-order valence-corrected chi connectivity index (χ0v) is 17.3. The second-order valence-electron chi connectivity index (χ2n) is 6.76. The van der Waals surface area contributed by atoms with Crippen LogP contribution in [0.3, 0.4) is 0 Å². The van der Waals surface area contributed by atoms with Crippen LogP contribution in [0.25, 0.3) is 0 Å². The maximum absolute atomic E-state index is 12.8. The van der Waals surface area contributed by atoms with Gasteiger partial charge >= 0.3 is 11.7 Å². The Morgan fingerprint density at radius 1 is 1.31 bits per heavy atom. The number of amides is 1. The van der Waals surface area contributed by atoms with Gasteiger partial charge in [-0.15, -0.1) is 11.8 Å². The average molecular weight is 418 g/mol. The number of nitrogens with zero attached hydrogens (tertiary/aromatic N) is 4. The Labute approximate surface area is 172 Å². The fourth-order valence-corrected chi connectivity index (χ4v) is 4.45. The van der Waals surface area contributed by atoms with E-state index in [2.05, 4.69) is 5.10 Å². The molecule has 0 unspecified atom stereocenters. The van der Waals surface area contributed by atoms with Crippen molar-refractivity contribution in [2.45, 2.75) is 25.6 Å². The van der Waals surface area contributed by atoms with Crippen molar-refractivity contribution >= 4 is 29.3 Å². The Morgan fingerprint density at radius 2 is 2.00 bits per heavy atom. The Morgan fingerprint density at radius 3 is 2.59 bits per heavy atom. The normalized spacial score (nSPS) is 16.5. The zero-order chi connectivity index (χ0) is 21.1. The van der Waals surface area contributed by atoms with Crippen molar-refractivity contribution in [1.29, 1.82) is 0 Å². The van der Waals surface area contributed by atoms with E-state index in [1.54, 1.807) is 35.6 Å². The number of carbonyl (C=O) groups excluding carboxylic acids is 2. The molecule has 1 amide bonds. The van der Waals surface area contributed by atoms with Crippen molar-refractivity contribution in [2.24, 2.45) is 0 Å². The van der Waals surface area contributed by atoms with Crippen molar-refractivity contribution in [2.75, 3.05) is 26.0 Å². The Hall–Kier alpha value is -2.88. The maximum Gasteiger partial charge on any atom is 0.320 e. The molecule has 2 heterocycles. The molecule has 9 nitrogen and oxygen atoms in total. The fourth-order valence-electron chi connectivity index (χ4n) is 3.32. The molecule has 10 heteroatoms. The number of rotatable bonds is 5. The van der Waals surface area contributed by atoms with Gasteiger partial charge in [0.1, 0.15) is 16.6 Å². The zero-order valence-electron chi connectivity index (χ0n) is 16.5. The molecule has 0 bridgehead atoms. The number of hydrogen-bond donors (Lipinski definition) is 0. The number of nitro groups is 1. The SMILES string of the molecule is COC(=O)[C@@H]1CN(C(=O)c2ccc(Cn3nc(C)c([N+](=O)[O-])c3C)cc2)CCS1. The smallest absolute Gasteiger partial charge is 0.320 e. The molecule has 0 radical (unpaired) electrons. The second-order valence-corrected chi connectivity index (χ2v) is 8.08. The van der Waals surface area contributed by atoms with Crippen LogP contribution in [0.2, 0.25) is 0 Å². The van der Waals surface area contributed by atoms with Crippen LogP contribution < -0.4 is 0 Å². The lowest BCUT2D eigenvalue weighted by molar-refractivity contribution is -0.386. The highest BCUT2D eigenvalue weighted by Crippen LogP contribution is 2.23. The molecule has 154 valence electrons. The van der Waals surface area contributed by atoms with E-state index in [1.807, 2.05) is 12.1 Å². The molecule has 1 aliphatic rings. The lowest BCUT2D eigenvalue weighted by Gasteiger charge is -2.31. The van der Waals surface area contributed by atoms with Crippen LogP contribution >= 0.6 is 11.8 Å². The first-order valence-corrected chi connectivity index (χ1v) is 10.1. The quantitative estimate of drug-likeness (QED) is 0.416. The summed E-state index contributed by atoms with van der Waals surface area (Å²) in [5.41, 5.74) is 2.31. The van der Waals surface area contributed by atoms with Crippen LogP contribution in [0.5, 0.6) is 0 Å². The first-order valence-electron chi connectivity index (χ1n) is 9.08. The number of ether oxygens (including phenoxy) is 1. The van der Waals surface area contributed by atoms with E-state index in [-0.39, 0.29) is 22.8 Å². The molecule has 0 saturated carbocycles. The number of aromatic nitrogens is 2. The van der Waals surface area contributed by atoms with Gasteiger partial charge in [0.15, 0.2) is 0 Å². The van der Waals surface area contributed by atoms with Crippen molar-refractivity contribution in [1.82, 2.24) is 14.7 Å². The maximum atomic E-state index is 12.8. The molecule has 0 aliphatic carbocycles. The highest BCUT2D eigenvalue weighted by Gasteiger charge is 2.30. The largest absolute Gasteiger partial charge is 0.468 e. The third-order valence-corrected chi connectivity index (χ3v) is 6.04. The molecule has 2 aromatic rings. The van der Waals surface area contributed by atoms with Gasteiger partial charge in [0.05, 0.1) is 18.6 Å². The first kappa shape index (κ1) is 20.8. The third-order valence-electron chi connectivity index (χ3n) is 4.88. The summed E-state index contributed by atoms with van der Waals surface area (Å²) in [7, 11) is 1.35. The molecular weight excluding hydrogens is 396 g/mol. The van der Waals surface area contributed by atoms with Crippen molar-refractivity contribution < 1.29 is 19.2 Å². The Bertz CT molecular complexity index is 941. The van der Waals surface area contributed by atoms with E-state index >= 15 is 0 Å². The minimum atomic E-state index is -0.422. The number of aryl methyl sites for hydroxylation is 1. The number of carbonyl (C=O) groups is 2. The Kier molecular flexibility index (Phi) is 6.21. The monoisotopic (exact) mass is 418 g/mol. The summed E-state index contributed by atoms with van der Waals surface area (Å²) < 4.78 is 6.37. The molecule has 0 N–H and O–H groups in total. The van der Waals surface area contributed by atoms with Crippen LogP contribution in [-0.2, 0) is 16.1 Å². The molecule has 1 aromatic carbocycles. The summed E-state index contributed by atoms with van der Waals surface area (Å²) in [4.78, 5) is 36.9. The van der Waals surface area contributed by atoms with Gasteiger partial charge in [0.2, 0.25) is 0 Å². The fraction of sp³-hybridized carbons (Fsp3) is 0.421. The van der Waals surface area contributed by atoms with Crippen molar-refractivity contribution in [3.8, 4) is 0 Å². The molecule has 1 aromatic heterocycles. The van der Waals surface area contributed by atoms with Gasteiger partial charge in [-0.1, -0.05) is 12.1 Å². The molecule has 29 heavy (non-hydrogen) atoms. The van der Waals surface area contributed by atoms with Crippen molar-refractivity contribution in [3.63, 3.8) is 0 Å². The van der Waals surface area contributed by atoms with Gasteiger partial charge in [-0.25, -0.2) is 0 Å². The molecular formula is C19H22N4O5S. The molecule has 0 spiro atoms. The molecule has 1 aliphatic heterocycles. The summed E-state index contributed by atoms with van der Waals surface area (Å²) in [6.07, 6.45) is 0. The summed E-state index contributed by atoms with van der Waals surface area (Å²) in [6.45, 7) is 4.56. The number of esters is 1. The average Bonchev–Trinajstić information content (AvgIpc) is 3.00. The van der Waals surface area contributed by atoms with Crippen LogP contribution in [0.15, 0.2) is 24.3 Å². The first-order chi connectivity index (χ1) is 13.8. The minimum absolute atomic E-state index is 0.0277. The standard InChI is InChI=1S/C19H22N4O5S/c1-12-17(23(26)27)13(2)22(20-12)10-14-4-6-15(7-5-14)18(24)21-8-9-29-16(11-21)19(25)28-3/h4-7,16H,8-11H2,1-3H3/t16-/m0/s1. The number of thioether (sulfide) groups is 1. The van der Waals surface area contributed by atoms with Crippen LogP contribution in [0, 0.1) is 24.0 Å². The van der Waals surface area contributed by atoms with Crippen molar-refractivity contribution in [3.05, 3.63) is 56.9 Å². The Balaban J connectivity index is 1.70. The lowest BCUT2D eigenvalue weighted by atomic mass is 10.1. The molecule has 1 saturated heterocycles. The van der Waals surface area contributed by atoms with Gasteiger partial charge in [-0.2, -0.15) is 5.10 Å². The summed E-state index contributed by atoms with van der Waals surface area (Å²) >= 11 is 1.50. The molecule has 1 fully saturated rings. The van der Waals surface area contributed by atoms with E-state index in [1.165, 1.54) is 18.9 Å². The molecule has 3 rings (SSSR count). The summed E-state index contributed by atoms with van der Waals surface area (Å²) in [5.74, 6) is 0.231. The topological polar surface area (TPSA) is 108 Å². The van der Waals surface area contributed by atoms with Gasteiger partial charge in [0, 0.05) is 24.4 Å². The predicted octanol–water partition coefficient (Wildman–Crippen LogP) is 2.19. The van der Waals surface area contributed by atoms with E-state index in [4.69, 9.17) is 4.74 Å². The van der Waals surface area contributed by atoms with E-state index < -0.39 is 4.92 Å². The number of methoxy groups -OCH3 is 1. The van der Waals surface area contributed by atoms with E-state index in [0.717, 1.165) is 5.56 Å². The third kappa shape index (κ3) is 4.42. The second kappa shape index (κ2) is 8.64. The number of benzene rings is 1.